The minimum absolute atomic E-state index is 0.281. The molecule has 0 radical (unpaired) electrons. The number of hydrogen-bond acceptors (Lipinski definition) is 6. The summed E-state index contributed by atoms with van der Waals surface area (Å²) in [7, 11) is 1.56. The van der Waals surface area contributed by atoms with E-state index in [1.54, 1.807) is 62.7 Å². The first-order valence-electron chi connectivity index (χ1n) is 11.5. The summed E-state index contributed by atoms with van der Waals surface area (Å²) >= 11 is 6.45. The van der Waals surface area contributed by atoms with Gasteiger partial charge in [-0.05, 0) is 42.8 Å². The van der Waals surface area contributed by atoms with E-state index in [0.29, 0.717) is 58.6 Å². The van der Waals surface area contributed by atoms with Crippen molar-refractivity contribution in [3.05, 3.63) is 77.2 Å². The summed E-state index contributed by atoms with van der Waals surface area (Å²) in [5.41, 5.74) is 1.79. The Morgan fingerprint density at radius 3 is 2.54 bits per heavy atom. The van der Waals surface area contributed by atoms with E-state index in [2.05, 4.69) is 15.6 Å². The number of nitrogens with one attached hydrogen (secondary N) is 2. The molecule has 37 heavy (non-hydrogen) atoms. The van der Waals surface area contributed by atoms with Crippen LogP contribution in [0.2, 0.25) is 5.02 Å². The summed E-state index contributed by atoms with van der Waals surface area (Å²) in [5.74, 6) is 2.13. The summed E-state index contributed by atoms with van der Waals surface area (Å²) < 4.78 is 36.4. The molecule has 0 aliphatic carbocycles. The van der Waals surface area contributed by atoms with Crippen molar-refractivity contribution < 1.29 is 28.1 Å². The quantitative estimate of drug-likeness (QED) is 0.300. The Morgan fingerprint density at radius 2 is 1.81 bits per heavy atom. The standard InChI is InChI=1S/C27H23ClFN3O5/c1-15(16-3-5-17(29)6-4-16)31-27(33)32-20-8-7-18(13-19(20)28)37-22-9-10-30-21-14-23(34-2)25-26(24(21)22)36-12-11-35-25/h3-10,13-15H,11-12H2,1-2H3,(H2,31,32,33)/t15-/m0/s1. The Morgan fingerprint density at radius 1 is 1.05 bits per heavy atom. The first kappa shape index (κ1) is 24.5. The molecule has 1 atom stereocenters. The number of amides is 2. The molecule has 0 bridgehead atoms. The van der Waals surface area contributed by atoms with Gasteiger partial charge in [0.05, 0.1) is 34.8 Å². The van der Waals surface area contributed by atoms with Crippen molar-refractivity contribution in [2.45, 2.75) is 13.0 Å². The molecule has 1 aliphatic heterocycles. The second kappa shape index (κ2) is 10.4. The van der Waals surface area contributed by atoms with E-state index in [1.807, 2.05) is 0 Å². The molecule has 0 spiro atoms. The fourth-order valence-electron chi connectivity index (χ4n) is 3.99. The predicted octanol–water partition coefficient (Wildman–Crippen LogP) is 6.48. The largest absolute Gasteiger partial charge is 0.493 e. The number of nitrogens with zero attached hydrogens (tertiary/aromatic N) is 1. The highest BCUT2D eigenvalue weighted by atomic mass is 35.5. The number of anilines is 1. The Hall–Kier alpha value is -4.24. The zero-order chi connectivity index (χ0) is 25.9. The van der Waals surface area contributed by atoms with E-state index >= 15 is 0 Å². The van der Waals surface area contributed by atoms with Crippen molar-refractivity contribution in [3.63, 3.8) is 0 Å². The smallest absolute Gasteiger partial charge is 0.319 e. The van der Waals surface area contributed by atoms with Crippen LogP contribution in [0.15, 0.2) is 60.8 Å². The summed E-state index contributed by atoms with van der Waals surface area (Å²) in [6.07, 6.45) is 1.62. The molecule has 4 aromatic rings. The molecule has 5 rings (SSSR count). The summed E-state index contributed by atoms with van der Waals surface area (Å²) in [5, 5.41) is 6.45. The molecule has 2 heterocycles. The van der Waals surface area contributed by atoms with Crippen molar-refractivity contribution in [1.29, 1.82) is 0 Å². The number of ether oxygens (including phenoxy) is 4. The molecule has 8 nitrogen and oxygen atoms in total. The third-order valence-electron chi connectivity index (χ3n) is 5.80. The van der Waals surface area contributed by atoms with Crippen molar-refractivity contribution in [1.82, 2.24) is 10.3 Å². The Labute approximate surface area is 217 Å². The summed E-state index contributed by atoms with van der Waals surface area (Å²) in [4.78, 5) is 16.9. The van der Waals surface area contributed by atoms with Crippen LogP contribution in [-0.2, 0) is 0 Å². The highest BCUT2D eigenvalue weighted by Crippen LogP contribution is 2.48. The van der Waals surface area contributed by atoms with Crippen molar-refractivity contribution in [2.75, 3.05) is 25.6 Å². The van der Waals surface area contributed by atoms with E-state index in [1.165, 1.54) is 12.1 Å². The molecular weight excluding hydrogens is 501 g/mol. The first-order valence-corrected chi connectivity index (χ1v) is 11.9. The fraction of sp³-hybridized carbons (Fsp3) is 0.185. The van der Waals surface area contributed by atoms with Gasteiger partial charge >= 0.3 is 6.03 Å². The van der Waals surface area contributed by atoms with Crippen LogP contribution in [0.3, 0.4) is 0 Å². The van der Waals surface area contributed by atoms with E-state index in [0.717, 1.165) is 5.56 Å². The average molecular weight is 524 g/mol. The molecule has 0 saturated carbocycles. The number of methoxy groups -OCH3 is 1. The Balaban J connectivity index is 1.34. The van der Waals surface area contributed by atoms with Crippen LogP contribution in [0.5, 0.6) is 28.7 Å². The van der Waals surface area contributed by atoms with E-state index in [9.17, 15) is 9.18 Å². The number of carbonyl (C=O) groups excluding carboxylic acids is 1. The predicted molar refractivity (Wildman–Crippen MR) is 138 cm³/mol. The van der Waals surface area contributed by atoms with Gasteiger partial charge in [0.15, 0.2) is 11.5 Å². The van der Waals surface area contributed by atoms with Gasteiger partial charge < -0.3 is 29.6 Å². The topological polar surface area (TPSA) is 90.9 Å². The lowest BCUT2D eigenvalue weighted by molar-refractivity contribution is 0.167. The maximum absolute atomic E-state index is 13.2. The molecule has 10 heteroatoms. The SMILES string of the molecule is COc1cc2nccc(Oc3ccc(NC(=O)N[C@@H](C)c4ccc(F)cc4)c(Cl)c3)c2c2c1OCCO2. The van der Waals surface area contributed by atoms with Crippen LogP contribution in [0.1, 0.15) is 18.5 Å². The van der Waals surface area contributed by atoms with Gasteiger partial charge in [-0.25, -0.2) is 9.18 Å². The highest BCUT2D eigenvalue weighted by molar-refractivity contribution is 6.33. The van der Waals surface area contributed by atoms with Crippen molar-refractivity contribution >= 4 is 34.2 Å². The van der Waals surface area contributed by atoms with Gasteiger partial charge in [-0.15, -0.1) is 0 Å². The number of fused-ring (bicyclic) bond motifs is 3. The Kier molecular flexibility index (Phi) is 6.87. The van der Waals surface area contributed by atoms with Crippen LogP contribution in [0.4, 0.5) is 14.9 Å². The van der Waals surface area contributed by atoms with E-state index < -0.39 is 6.03 Å². The number of benzene rings is 3. The van der Waals surface area contributed by atoms with Crippen LogP contribution >= 0.6 is 11.6 Å². The lowest BCUT2D eigenvalue weighted by atomic mass is 10.1. The number of aromatic nitrogens is 1. The molecule has 2 N–H and O–H groups in total. The normalized spacial score (nSPS) is 13.1. The second-order valence-corrected chi connectivity index (χ2v) is 8.66. The molecule has 2 amide bonds. The second-order valence-electron chi connectivity index (χ2n) is 8.25. The lowest BCUT2D eigenvalue weighted by Crippen LogP contribution is -2.31. The molecule has 0 unspecified atom stereocenters. The first-order chi connectivity index (χ1) is 17.9. The van der Waals surface area contributed by atoms with E-state index in [-0.39, 0.29) is 16.9 Å². The molecule has 3 aromatic carbocycles. The van der Waals surface area contributed by atoms with Crippen LogP contribution in [0, 0.1) is 5.82 Å². The van der Waals surface area contributed by atoms with Gasteiger partial charge in [-0.1, -0.05) is 23.7 Å². The number of urea groups is 1. The van der Waals surface area contributed by atoms with Crippen LogP contribution in [0.25, 0.3) is 10.9 Å². The van der Waals surface area contributed by atoms with E-state index in [4.69, 9.17) is 30.5 Å². The minimum Gasteiger partial charge on any atom is -0.493 e. The van der Waals surface area contributed by atoms with Crippen LogP contribution < -0.4 is 29.6 Å². The number of rotatable bonds is 6. The monoisotopic (exact) mass is 523 g/mol. The molecule has 0 fully saturated rings. The fourth-order valence-corrected chi connectivity index (χ4v) is 4.21. The highest BCUT2D eigenvalue weighted by Gasteiger charge is 2.24. The van der Waals surface area contributed by atoms with Gasteiger partial charge in [0.1, 0.15) is 30.5 Å². The molecule has 1 aliphatic rings. The number of carbonyl (C=O) groups is 1. The van der Waals surface area contributed by atoms with Gasteiger partial charge in [-0.2, -0.15) is 0 Å². The minimum atomic E-state index is -0.453. The zero-order valence-electron chi connectivity index (χ0n) is 20.0. The van der Waals surface area contributed by atoms with Crippen molar-refractivity contribution in [2.24, 2.45) is 0 Å². The lowest BCUT2D eigenvalue weighted by Gasteiger charge is -2.23. The summed E-state index contributed by atoms with van der Waals surface area (Å²) in [6.45, 7) is 2.59. The molecular formula is C27H23ClFN3O5. The maximum Gasteiger partial charge on any atom is 0.319 e. The van der Waals surface area contributed by atoms with Gasteiger partial charge in [0.2, 0.25) is 5.75 Å². The number of hydrogen-bond donors (Lipinski definition) is 2. The van der Waals surface area contributed by atoms with Gasteiger partial charge in [0.25, 0.3) is 0 Å². The average Bonchev–Trinajstić information content (AvgIpc) is 2.90. The third kappa shape index (κ3) is 5.17. The molecule has 1 aromatic heterocycles. The van der Waals surface area contributed by atoms with Gasteiger partial charge in [0, 0.05) is 18.3 Å². The molecule has 190 valence electrons. The summed E-state index contributed by atoms with van der Waals surface area (Å²) in [6, 6.07) is 13.5. The van der Waals surface area contributed by atoms with Gasteiger partial charge in [-0.3, -0.25) is 4.98 Å². The number of halogens is 2. The third-order valence-corrected chi connectivity index (χ3v) is 6.11. The van der Waals surface area contributed by atoms with Crippen molar-refractivity contribution in [3.8, 4) is 28.7 Å². The number of pyridine rings is 1. The Bertz CT molecular complexity index is 1470. The maximum atomic E-state index is 13.2. The van der Waals surface area contributed by atoms with Crippen LogP contribution in [-0.4, -0.2) is 31.3 Å². The molecule has 0 saturated heterocycles. The zero-order valence-corrected chi connectivity index (χ0v) is 20.8.